The van der Waals surface area contributed by atoms with Gasteiger partial charge in [-0.15, -0.1) is 16.4 Å². The highest BCUT2D eigenvalue weighted by molar-refractivity contribution is 7.10. The highest BCUT2D eigenvalue weighted by Crippen LogP contribution is 2.49. The molecule has 2 aromatic rings. The second-order valence-corrected chi connectivity index (χ2v) is 7.02. The van der Waals surface area contributed by atoms with E-state index in [0.717, 1.165) is 12.2 Å². The van der Waals surface area contributed by atoms with Crippen molar-refractivity contribution in [3.8, 4) is 0 Å². The maximum Gasteiger partial charge on any atom is 0.318 e. The molecule has 6 nitrogen and oxygen atoms in total. The minimum absolute atomic E-state index is 0.0334. The Morgan fingerprint density at radius 3 is 2.95 bits per heavy atom. The summed E-state index contributed by atoms with van der Waals surface area (Å²) in [6.45, 7) is 5.61. The summed E-state index contributed by atoms with van der Waals surface area (Å²) in [5, 5.41) is 12.7. The number of aromatic nitrogens is 3. The van der Waals surface area contributed by atoms with Crippen LogP contribution < -0.4 is 5.32 Å². The molecule has 0 saturated carbocycles. The van der Waals surface area contributed by atoms with Crippen LogP contribution in [-0.4, -0.2) is 32.5 Å². The van der Waals surface area contributed by atoms with Crippen molar-refractivity contribution in [3.63, 3.8) is 0 Å². The van der Waals surface area contributed by atoms with Crippen LogP contribution in [0, 0.1) is 5.41 Å². The summed E-state index contributed by atoms with van der Waals surface area (Å²) in [5.74, 6) is 0. The summed E-state index contributed by atoms with van der Waals surface area (Å²) in [5.41, 5.74) is 1.01. The first kappa shape index (κ1) is 14.1. The lowest BCUT2D eigenvalue weighted by Gasteiger charge is -2.53. The van der Waals surface area contributed by atoms with Crippen LogP contribution in [-0.2, 0) is 13.6 Å². The molecule has 1 aliphatic rings. The normalized spacial score (nSPS) is 20.1. The van der Waals surface area contributed by atoms with Gasteiger partial charge in [0.2, 0.25) is 0 Å². The molecule has 0 bridgehead atoms. The Kier molecular flexibility index (Phi) is 3.44. The van der Waals surface area contributed by atoms with Gasteiger partial charge in [-0.05, 0) is 11.4 Å². The van der Waals surface area contributed by atoms with Gasteiger partial charge in [0.25, 0.3) is 0 Å². The zero-order valence-corrected chi connectivity index (χ0v) is 13.2. The van der Waals surface area contributed by atoms with Gasteiger partial charge in [0.1, 0.15) is 0 Å². The molecule has 0 radical (unpaired) electrons. The summed E-state index contributed by atoms with van der Waals surface area (Å²) in [7, 11) is 1.82. The van der Waals surface area contributed by atoms with Crippen LogP contribution in [0.2, 0.25) is 0 Å². The predicted molar refractivity (Wildman–Crippen MR) is 80.8 cm³/mol. The van der Waals surface area contributed by atoms with Gasteiger partial charge in [-0.25, -0.2) is 4.79 Å². The molecule has 112 valence electrons. The number of rotatable bonds is 3. The van der Waals surface area contributed by atoms with Crippen LogP contribution in [0.15, 0.2) is 23.7 Å². The first-order chi connectivity index (χ1) is 9.99. The van der Waals surface area contributed by atoms with E-state index < -0.39 is 0 Å². The van der Waals surface area contributed by atoms with Gasteiger partial charge in [-0.3, -0.25) is 4.68 Å². The highest BCUT2D eigenvalue weighted by Gasteiger charge is 2.49. The van der Waals surface area contributed by atoms with Crippen molar-refractivity contribution in [2.75, 3.05) is 6.54 Å². The third kappa shape index (κ3) is 2.53. The van der Waals surface area contributed by atoms with Gasteiger partial charge in [0, 0.05) is 23.9 Å². The molecule has 7 heteroatoms. The molecule has 1 N–H and O–H groups in total. The Hall–Kier alpha value is -1.89. The lowest BCUT2D eigenvalue weighted by Crippen LogP contribution is -2.60. The van der Waals surface area contributed by atoms with Crippen LogP contribution in [0.5, 0.6) is 0 Å². The molecule has 0 aromatic carbocycles. The number of likely N-dealkylation sites (tertiary alicyclic amines) is 1. The Balaban J connectivity index is 1.66. The number of nitrogens with one attached hydrogen (secondary N) is 1. The summed E-state index contributed by atoms with van der Waals surface area (Å²) in [6.07, 6.45) is 1.66. The number of carbonyl (C=O) groups is 1. The van der Waals surface area contributed by atoms with Crippen LogP contribution in [0.3, 0.4) is 0 Å². The average molecular weight is 305 g/mol. The maximum atomic E-state index is 12.4. The number of aryl methyl sites for hydroxylation is 1. The number of hydrogen-bond acceptors (Lipinski definition) is 4. The third-order valence-electron chi connectivity index (χ3n) is 3.93. The summed E-state index contributed by atoms with van der Waals surface area (Å²) < 4.78 is 1.66. The average Bonchev–Trinajstić information content (AvgIpc) is 3.05. The van der Waals surface area contributed by atoms with Crippen LogP contribution in [0.25, 0.3) is 0 Å². The molecule has 21 heavy (non-hydrogen) atoms. The molecule has 0 aliphatic carbocycles. The summed E-state index contributed by atoms with van der Waals surface area (Å²) >= 11 is 1.70. The van der Waals surface area contributed by atoms with E-state index in [1.807, 2.05) is 18.0 Å². The van der Waals surface area contributed by atoms with Gasteiger partial charge < -0.3 is 10.2 Å². The largest absolute Gasteiger partial charge is 0.332 e. The van der Waals surface area contributed by atoms with E-state index in [1.165, 1.54) is 4.88 Å². The van der Waals surface area contributed by atoms with Crippen molar-refractivity contribution < 1.29 is 4.79 Å². The lowest BCUT2D eigenvalue weighted by atomic mass is 9.74. The van der Waals surface area contributed by atoms with Gasteiger partial charge in [0.05, 0.1) is 24.5 Å². The number of hydrogen-bond donors (Lipinski definition) is 1. The zero-order valence-electron chi connectivity index (χ0n) is 12.4. The number of amides is 2. The van der Waals surface area contributed by atoms with Crippen molar-refractivity contribution in [1.29, 1.82) is 0 Å². The second-order valence-electron chi connectivity index (χ2n) is 6.04. The maximum absolute atomic E-state index is 12.4. The number of thiophene rings is 1. The van der Waals surface area contributed by atoms with Gasteiger partial charge in [0.15, 0.2) is 0 Å². The first-order valence-corrected chi connectivity index (χ1v) is 7.78. The third-order valence-corrected chi connectivity index (χ3v) is 4.86. The SMILES string of the molecule is Cn1nncc1CNC(=O)N1CC(C)(C)C1c1cccs1. The van der Waals surface area contributed by atoms with Crippen LogP contribution in [0.1, 0.15) is 30.5 Å². The predicted octanol–water partition coefficient (Wildman–Crippen LogP) is 2.17. The molecule has 3 heterocycles. The van der Waals surface area contributed by atoms with E-state index in [1.54, 1.807) is 22.2 Å². The molecular formula is C14H19N5OS. The van der Waals surface area contributed by atoms with Crippen molar-refractivity contribution >= 4 is 17.4 Å². The molecule has 1 unspecified atom stereocenters. The smallest absolute Gasteiger partial charge is 0.318 e. The Morgan fingerprint density at radius 1 is 1.57 bits per heavy atom. The topological polar surface area (TPSA) is 63.1 Å². The fraction of sp³-hybridized carbons (Fsp3) is 0.500. The number of carbonyl (C=O) groups excluding carboxylic acids is 1. The molecule has 3 rings (SSSR count). The fourth-order valence-corrected chi connectivity index (χ4v) is 3.89. The monoisotopic (exact) mass is 305 g/mol. The Labute approximate surface area is 127 Å². The molecule has 1 aliphatic heterocycles. The first-order valence-electron chi connectivity index (χ1n) is 6.90. The molecule has 0 spiro atoms. The van der Waals surface area contributed by atoms with Gasteiger partial charge in [-0.1, -0.05) is 25.1 Å². The quantitative estimate of drug-likeness (QED) is 0.945. The van der Waals surface area contributed by atoms with Crippen LogP contribution in [0.4, 0.5) is 4.79 Å². The van der Waals surface area contributed by atoms with Crippen molar-refractivity contribution in [2.24, 2.45) is 12.5 Å². The summed E-state index contributed by atoms with van der Waals surface area (Å²) in [6, 6.07) is 4.25. The van der Waals surface area contributed by atoms with Gasteiger partial charge in [-0.2, -0.15) is 0 Å². The standard InChI is InChI=1S/C14H19N5OS/c1-14(2)9-19(12(14)11-5-4-6-21-11)13(20)15-7-10-8-16-17-18(10)3/h4-6,8,12H,7,9H2,1-3H3,(H,15,20). The van der Waals surface area contributed by atoms with E-state index in [4.69, 9.17) is 0 Å². The number of urea groups is 1. The number of nitrogens with zero attached hydrogens (tertiary/aromatic N) is 4. The van der Waals surface area contributed by atoms with Crippen molar-refractivity contribution in [1.82, 2.24) is 25.2 Å². The minimum atomic E-state index is -0.0334. The van der Waals surface area contributed by atoms with E-state index in [9.17, 15) is 4.79 Å². The van der Waals surface area contributed by atoms with E-state index in [2.05, 4.69) is 40.9 Å². The van der Waals surface area contributed by atoms with E-state index in [0.29, 0.717) is 6.54 Å². The summed E-state index contributed by atoms with van der Waals surface area (Å²) in [4.78, 5) is 15.5. The van der Waals surface area contributed by atoms with Crippen LogP contribution >= 0.6 is 11.3 Å². The fourth-order valence-electron chi connectivity index (χ4n) is 2.84. The Morgan fingerprint density at radius 2 is 2.38 bits per heavy atom. The van der Waals surface area contributed by atoms with E-state index in [-0.39, 0.29) is 17.5 Å². The van der Waals surface area contributed by atoms with Crippen molar-refractivity contribution in [3.05, 3.63) is 34.3 Å². The molecule has 1 atom stereocenters. The molecule has 1 saturated heterocycles. The zero-order chi connectivity index (χ0) is 15.0. The van der Waals surface area contributed by atoms with Crippen molar-refractivity contribution in [2.45, 2.75) is 26.4 Å². The van der Waals surface area contributed by atoms with E-state index >= 15 is 0 Å². The highest BCUT2D eigenvalue weighted by atomic mass is 32.1. The molecule has 1 fully saturated rings. The molecule has 2 amide bonds. The Bertz CT molecular complexity index is 634. The second kappa shape index (κ2) is 5.14. The molecule has 2 aromatic heterocycles. The van der Waals surface area contributed by atoms with Gasteiger partial charge >= 0.3 is 6.03 Å². The lowest BCUT2D eigenvalue weighted by molar-refractivity contribution is -0.0145. The minimum Gasteiger partial charge on any atom is -0.332 e. The molecular weight excluding hydrogens is 286 g/mol.